The van der Waals surface area contributed by atoms with Crippen molar-refractivity contribution in [1.29, 1.82) is 0 Å². The van der Waals surface area contributed by atoms with Gasteiger partial charge < -0.3 is 9.73 Å². The first-order valence-electron chi connectivity index (χ1n) is 6.73. The summed E-state index contributed by atoms with van der Waals surface area (Å²) in [5.41, 5.74) is 3.66. The third-order valence-corrected chi connectivity index (χ3v) is 5.79. The topological polar surface area (TPSA) is 25.2 Å². The van der Waals surface area contributed by atoms with Crippen LogP contribution in [-0.2, 0) is 13.0 Å². The van der Waals surface area contributed by atoms with Gasteiger partial charge in [0.2, 0.25) is 0 Å². The molecule has 1 aromatic carbocycles. The Kier molecular flexibility index (Phi) is 2.88. The number of thiophene rings is 1. The lowest BCUT2D eigenvalue weighted by Gasteiger charge is -2.14. The Bertz CT molecular complexity index is 789. The molecule has 0 aliphatic carbocycles. The number of aryl methyl sites for hydroxylation is 1. The van der Waals surface area contributed by atoms with Crippen molar-refractivity contribution in [3.05, 3.63) is 45.5 Å². The number of furan rings is 1. The lowest BCUT2D eigenvalue weighted by molar-refractivity contribution is 0.583. The molecule has 3 aromatic rings. The maximum Gasteiger partial charge on any atom is 0.134 e. The molecule has 0 saturated heterocycles. The zero-order valence-electron chi connectivity index (χ0n) is 11.1. The second-order valence-electron chi connectivity index (χ2n) is 5.17. The van der Waals surface area contributed by atoms with E-state index in [0.717, 1.165) is 41.4 Å². The van der Waals surface area contributed by atoms with E-state index in [0.29, 0.717) is 0 Å². The minimum atomic E-state index is 0.884. The summed E-state index contributed by atoms with van der Waals surface area (Å²) in [6.07, 6.45) is 2.81. The molecule has 1 N–H and O–H groups in total. The average molecular weight is 304 g/mol. The fourth-order valence-corrected chi connectivity index (χ4v) is 4.51. The molecule has 0 fully saturated rings. The van der Waals surface area contributed by atoms with Crippen LogP contribution >= 0.6 is 22.9 Å². The molecule has 1 aliphatic rings. The predicted octanol–water partition coefficient (Wildman–Crippen LogP) is 4.77. The van der Waals surface area contributed by atoms with E-state index in [4.69, 9.17) is 16.0 Å². The highest BCUT2D eigenvalue weighted by molar-refractivity contribution is 7.20. The van der Waals surface area contributed by atoms with Crippen molar-refractivity contribution in [3.8, 4) is 11.3 Å². The fraction of sp³-hybridized carbons (Fsp3) is 0.250. The highest BCUT2D eigenvalue weighted by Crippen LogP contribution is 2.44. The smallest absolute Gasteiger partial charge is 0.134 e. The molecule has 0 bridgehead atoms. The Hall–Kier alpha value is -1.29. The summed E-state index contributed by atoms with van der Waals surface area (Å²) < 4.78 is 6.82. The molecule has 20 heavy (non-hydrogen) atoms. The van der Waals surface area contributed by atoms with Crippen molar-refractivity contribution in [2.24, 2.45) is 0 Å². The van der Waals surface area contributed by atoms with Gasteiger partial charge in [-0.05, 0) is 42.7 Å². The van der Waals surface area contributed by atoms with Crippen molar-refractivity contribution in [2.45, 2.75) is 19.9 Å². The Balaban J connectivity index is 2.12. The van der Waals surface area contributed by atoms with Gasteiger partial charge in [-0.15, -0.1) is 11.3 Å². The van der Waals surface area contributed by atoms with E-state index in [-0.39, 0.29) is 0 Å². The predicted molar refractivity (Wildman–Crippen MR) is 84.7 cm³/mol. The van der Waals surface area contributed by atoms with Gasteiger partial charge in [-0.3, -0.25) is 0 Å². The highest BCUT2D eigenvalue weighted by atomic mass is 35.5. The molecular formula is C16H14ClNOS. The molecule has 3 heterocycles. The van der Waals surface area contributed by atoms with E-state index in [2.05, 4.69) is 18.3 Å². The Morgan fingerprint density at radius 3 is 3.10 bits per heavy atom. The molecule has 0 unspecified atom stereocenters. The van der Waals surface area contributed by atoms with Gasteiger partial charge in [0, 0.05) is 28.9 Å². The number of hydrogen-bond donors (Lipinski definition) is 1. The molecule has 2 aromatic heterocycles. The summed E-state index contributed by atoms with van der Waals surface area (Å²) in [6, 6.07) is 6.09. The van der Waals surface area contributed by atoms with Gasteiger partial charge in [-0.2, -0.15) is 0 Å². The number of halogens is 1. The lowest BCUT2D eigenvalue weighted by Crippen LogP contribution is -2.22. The fourth-order valence-electron chi connectivity index (χ4n) is 2.91. The van der Waals surface area contributed by atoms with Gasteiger partial charge in [-0.25, -0.2) is 0 Å². The minimum absolute atomic E-state index is 0.884. The zero-order valence-corrected chi connectivity index (χ0v) is 12.7. The largest absolute Gasteiger partial charge is 0.464 e. The molecule has 4 rings (SSSR count). The maximum absolute atomic E-state index is 6.54. The number of benzene rings is 1. The van der Waals surface area contributed by atoms with E-state index in [9.17, 15) is 0 Å². The molecule has 2 nitrogen and oxygen atoms in total. The summed E-state index contributed by atoms with van der Waals surface area (Å²) in [6.45, 7) is 4.03. The normalized spacial score (nSPS) is 14.7. The van der Waals surface area contributed by atoms with E-state index >= 15 is 0 Å². The lowest BCUT2D eigenvalue weighted by atomic mass is 9.98. The van der Waals surface area contributed by atoms with Crippen LogP contribution in [-0.4, -0.2) is 6.54 Å². The first-order valence-corrected chi connectivity index (χ1v) is 7.93. The third kappa shape index (κ3) is 1.74. The Labute approximate surface area is 126 Å². The second-order valence-corrected chi connectivity index (χ2v) is 6.65. The van der Waals surface area contributed by atoms with Crippen molar-refractivity contribution in [2.75, 3.05) is 6.54 Å². The first kappa shape index (κ1) is 12.5. The van der Waals surface area contributed by atoms with Gasteiger partial charge in [0.05, 0.1) is 16.0 Å². The minimum Gasteiger partial charge on any atom is -0.464 e. The SMILES string of the molecule is Cc1cc(-c2ccco2)c2c3c(sc2c1Cl)CCNC3. The summed E-state index contributed by atoms with van der Waals surface area (Å²) in [4.78, 5) is 1.46. The monoisotopic (exact) mass is 303 g/mol. The van der Waals surface area contributed by atoms with Crippen molar-refractivity contribution >= 4 is 33.0 Å². The summed E-state index contributed by atoms with van der Waals surface area (Å²) in [5, 5.41) is 5.61. The summed E-state index contributed by atoms with van der Waals surface area (Å²) in [7, 11) is 0. The molecule has 0 amide bonds. The molecule has 0 radical (unpaired) electrons. The zero-order chi connectivity index (χ0) is 13.7. The van der Waals surface area contributed by atoms with Crippen LogP contribution in [0.3, 0.4) is 0 Å². The van der Waals surface area contributed by atoms with Gasteiger partial charge in [-0.1, -0.05) is 11.6 Å². The standard InChI is InChI=1S/C16H14ClNOS/c1-9-7-10(12-3-2-6-19-12)14-11-8-18-5-4-13(11)20-16(14)15(9)17/h2-3,6-7,18H,4-5,8H2,1H3. The Morgan fingerprint density at radius 1 is 1.40 bits per heavy atom. The number of hydrogen-bond acceptors (Lipinski definition) is 3. The van der Waals surface area contributed by atoms with Gasteiger partial charge in [0.1, 0.15) is 5.76 Å². The van der Waals surface area contributed by atoms with Gasteiger partial charge in [0.25, 0.3) is 0 Å². The quantitative estimate of drug-likeness (QED) is 0.700. The van der Waals surface area contributed by atoms with Crippen LogP contribution in [0.4, 0.5) is 0 Å². The van der Waals surface area contributed by atoms with Crippen LogP contribution in [0.25, 0.3) is 21.4 Å². The molecular weight excluding hydrogens is 290 g/mol. The van der Waals surface area contributed by atoms with Crippen molar-refractivity contribution < 1.29 is 4.42 Å². The highest BCUT2D eigenvalue weighted by Gasteiger charge is 2.22. The van der Waals surface area contributed by atoms with Gasteiger partial charge >= 0.3 is 0 Å². The number of fused-ring (bicyclic) bond motifs is 3. The van der Waals surface area contributed by atoms with Crippen LogP contribution in [0.15, 0.2) is 28.9 Å². The maximum atomic E-state index is 6.54. The molecule has 1 aliphatic heterocycles. The molecule has 0 atom stereocenters. The van der Waals surface area contributed by atoms with E-state index in [1.165, 1.54) is 20.5 Å². The van der Waals surface area contributed by atoms with E-state index < -0.39 is 0 Å². The van der Waals surface area contributed by atoms with Crippen LogP contribution in [0.1, 0.15) is 16.0 Å². The molecule has 102 valence electrons. The summed E-state index contributed by atoms with van der Waals surface area (Å²) in [5.74, 6) is 0.918. The van der Waals surface area contributed by atoms with Crippen molar-refractivity contribution in [3.63, 3.8) is 0 Å². The van der Waals surface area contributed by atoms with Crippen molar-refractivity contribution in [1.82, 2.24) is 5.32 Å². The molecule has 0 saturated carbocycles. The second kappa shape index (κ2) is 4.62. The van der Waals surface area contributed by atoms with E-state index in [1.807, 2.05) is 23.5 Å². The van der Waals surface area contributed by atoms with E-state index in [1.54, 1.807) is 6.26 Å². The first-order chi connectivity index (χ1) is 9.75. The number of rotatable bonds is 1. The van der Waals surface area contributed by atoms with Gasteiger partial charge in [0.15, 0.2) is 0 Å². The third-order valence-electron chi connectivity index (χ3n) is 3.88. The van der Waals surface area contributed by atoms with Crippen LogP contribution in [0.2, 0.25) is 5.02 Å². The van der Waals surface area contributed by atoms with Crippen LogP contribution in [0.5, 0.6) is 0 Å². The van der Waals surface area contributed by atoms with Crippen LogP contribution in [0, 0.1) is 6.92 Å². The average Bonchev–Trinajstić information content (AvgIpc) is 3.10. The van der Waals surface area contributed by atoms with Crippen LogP contribution < -0.4 is 5.32 Å². The molecule has 4 heteroatoms. The number of nitrogens with one attached hydrogen (secondary N) is 1. The molecule has 0 spiro atoms. The Morgan fingerprint density at radius 2 is 2.30 bits per heavy atom. The summed E-state index contributed by atoms with van der Waals surface area (Å²) >= 11 is 8.38.